The molecular formula is C16H24N2O2. The van der Waals surface area contributed by atoms with E-state index in [1.807, 2.05) is 25.1 Å². The van der Waals surface area contributed by atoms with E-state index >= 15 is 0 Å². The Kier molecular flexibility index (Phi) is 4.65. The van der Waals surface area contributed by atoms with Crippen molar-refractivity contribution in [3.63, 3.8) is 0 Å². The van der Waals surface area contributed by atoms with E-state index < -0.39 is 0 Å². The van der Waals surface area contributed by atoms with E-state index in [1.165, 1.54) is 0 Å². The van der Waals surface area contributed by atoms with Crippen LogP contribution < -0.4 is 5.32 Å². The molecule has 1 amide bonds. The second kappa shape index (κ2) is 6.27. The molecule has 1 aromatic carbocycles. The first-order valence-corrected chi connectivity index (χ1v) is 7.24. The molecule has 1 aliphatic carbocycles. The van der Waals surface area contributed by atoms with E-state index in [0.717, 1.165) is 36.9 Å². The number of hydrogen-bond donors (Lipinski definition) is 2. The zero-order chi connectivity index (χ0) is 14.7. The first-order valence-electron chi connectivity index (χ1n) is 7.24. The van der Waals surface area contributed by atoms with Gasteiger partial charge >= 0.3 is 0 Å². The number of hydrogen-bond acceptors (Lipinski definition) is 3. The second-order valence-electron chi connectivity index (χ2n) is 5.88. The third-order valence-electron chi connectivity index (χ3n) is 3.95. The molecular weight excluding hydrogens is 252 g/mol. The van der Waals surface area contributed by atoms with Crippen molar-refractivity contribution in [2.75, 3.05) is 19.4 Å². The minimum atomic E-state index is -0.143. The van der Waals surface area contributed by atoms with Crippen LogP contribution in [-0.4, -0.2) is 42.2 Å². The Hall–Kier alpha value is -1.55. The molecule has 1 fully saturated rings. The van der Waals surface area contributed by atoms with Gasteiger partial charge in [-0.05, 0) is 50.3 Å². The van der Waals surface area contributed by atoms with Crippen LogP contribution in [0.1, 0.15) is 41.6 Å². The molecule has 0 radical (unpaired) electrons. The number of aryl methyl sites for hydroxylation is 1. The Bertz CT molecular complexity index is 477. The summed E-state index contributed by atoms with van der Waals surface area (Å²) in [4.78, 5) is 13.6. The molecule has 2 N–H and O–H groups in total. The van der Waals surface area contributed by atoms with Crippen molar-refractivity contribution in [3.8, 4) is 0 Å². The normalized spacial score (nSPS) is 22.4. The topological polar surface area (TPSA) is 52.6 Å². The standard InChI is InChI=1S/C16H24N2O2/c1-11-4-5-12(16(20)18(2)3)10-15(11)17-13-6-8-14(19)9-7-13/h4-5,10,13-14,17,19H,6-9H2,1-3H3. The molecule has 1 aromatic rings. The van der Waals surface area contributed by atoms with Gasteiger partial charge in [-0.15, -0.1) is 0 Å². The van der Waals surface area contributed by atoms with Gasteiger partial charge in [-0.1, -0.05) is 6.07 Å². The number of aliphatic hydroxyl groups excluding tert-OH is 1. The number of benzene rings is 1. The summed E-state index contributed by atoms with van der Waals surface area (Å²) in [6.45, 7) is 2.05. The van der Waals surface area contributed by atoms with Crippen molar-refractivity contribution in [1.29, 1.82) is 0 Å². The smallest absolute Gasteiger partial charge is 0.253 e. The fourth-order valence-electron chi connectivity index (χ4n) is 2.61. The summed E-state index contributed by atoms with van der Waals surface area (Å²) in [5.41, 5.74) is 2.88. The molecule has 0 saturated heterocycles. The van der Waals surface area contributed by atoms with Crippen molar-refractivity contribution in [2.45, 2.75) is 44.8 Å². The number of nitrogens with one attached hydrogen (secondary N) is 1. The molecule has 0 aromatic heterocycles. The number of nitrogens with zero attached hydrogens (tertiary/aromatic N) is 1. The monoisotopic (exact) mass is 276 g/mol. The minimum Gasteiger partial charge on any atom is -0.393 e. The number of anilines is 1. The highest BCUT2D eigenvalue weighted by Crippen LogP contribution is 2.25. The number of carbonyl (C=O) groups is 1. The van der Waals surface area contributed by atoms with Gasteiger partial charge in [0.25, 0.3) is 5.91 Å². The number of aliphatic hydroxyl groups is 1. The van der Waals surface area contributed by atoms with E-state index in [9.17, 15) is 9.90 Å². The van der Waals surface area contributed by atoms with E-state index in [1.54, 1.807) is 19.0 Å². The van der Waals surface area contributed by atoms with Crippen LogP contribution in [0, 0.1) is 6.92 Å². The van der Waals surface area contributed by atoms with Crippen molar-refractivity contribution in [3.05, 3.63) is 29.3 Å². The average molecular weight is 276 g/mol. The van der Waals surface area contributed by atoms with E-state index in [2.05, 4.69) is 5.32 Å². The molecule has 0 unspecified atom stereocenters. The summed E-state index contributed by atoms with van der Waals surface area (Å²) < 4.78 is 0. The van der Waals surface area contributed by atoms with Gasteiger partial charge in [-0.3, -0.25) is 4.79 Å². The van der Waals surface area contributed by atoms with Crippen molar-refractivity contribution in [2.24, 2.45) is 0 Å². The Morgan fingerprint density at radius 1 is 1.25 bits per heavy atom. The molecule has 0 atom stereocenters. The third kappa shape index (κ3) is 3.51. The van der Waals surface area contributed by atoms with Gasteiger partial charge < -0.3 is 15.3 Å². The highest BCUT2D eigenvalue weighted by molar-refractivity contribution is 5.95. The lowest BCUT2D eigenvalue weighted by Gasteiger charge is -2.28. The van der Waals surface area contributed by atoms with Gasteiger partial charge in [0.1, 0.15) is 0 Å². The lowest BCUT2D eigenvalue weighted by atomic mass is 9.92. The van der Waals surface area contributed by atoms with E-state index in [0.29, 0.717) is 11.6 Å². The first kappa shape index (κ1) is 14.9. The minimum absolute atomic E-state index is 0.0205. The fraction of sp³-hybridized carbons (Fsp3) is 0.562. The molecule has 0 heterocycles. The fourth-order valence-corrected chi connectivity index (χ4v) is 2.61. The van der Waals surface area contributed by atoms with E-state index in [-0.39, 0.29) is 12.0 Å². The predicted octanol–water partition coefficient (Wildman–Crippen LogP) is 2.41. The largest absolute Gasteiger partial charge is 0.393 e. The first-order chi connectivity index (χ1) is 9.47. The van der Waals surface area contributed by atoms with Crippen LogP contribution in [0.15, 0.2) is 18.2 Å². The van der Waals surface area contributed by atoms with Crippen molar-refractivity contribution in [1.82, 2.24) is 4.90 Å². The van der Waals surface area contributed by atoms with Gasteiger partial charge in [0, 0.05) is 31.4 Å². The highest BCUT2D eigenvalue weighted by Gasteiger charge is 2.20. The summed E-state index contributed by atoms with van der Waals surface area (Å²) in [6, 6.07) is 6.18. The maximum atomic E-state index is 12.0. The average Bonchev–Trinajstić information content (AvgIpc) is 2.43. The van der Waals surface area contributed by atoms with Crippen LogP contribution in [0.5, 0.6) is 0 Å². The van der Waals surface area contributed by atoms with Crippen molar-refractivity contribution >= 4 is 11.6 Å². The lowest BCUT2D eigenvalue weighted by Crippen LogP contribution is -2.28. The zero-order valence-electron chi connectivity index (χ0n) is 12.5. The SMILES string of the molecule is Cc1ccc(C(=O)N(C)C)cc1NC1CCC(O)CC1. The van der Waals surface area contributed by atoms with Crippen LogP contribution in [0.3, 0.4) is 0 Å². The molecule has 2 rings (SSSR count). The quantitative estimate of drug-likeness (QED) is 0.891. The van der Waals surface area contributed by atoms with Gasteiger partial charge in [0.15, 0.2) is 0 Å². The maximum Gasteiger partial charge on any atom is 0.253 e. The second-order valence-corrected chi connectivity index (χ2v) is 5.88. The van der Waals surface area contributed by atoms with Gasteiger partial charge in [-0.2, -0.15) is 0 Å². The summed E-state index contributed by atoms with van der Waals surface area (Å²) in [5.74, 6) is 0.0205. The zero-order valence-corrected chi connectivity index (χ0v) is 12.5. The van der Waals surface area contributed by atoms with Crippen LogP contribution in [0.2, 0.25) is 0 Å². The summed E-state index contributed by atoms with van der Waals surface area (Å²) >= 11 is 0. The Labute approximate surface area is 120 Å². The number of carbonyl (C=O) groups excluding carboxylic acids is 1. The molecule has 0 aliphatic heterocycles. The third-order valence-corrected chi connectivity index (χ3v) is 3.95. The Morgan fingerprint density at radius 2 is 1.90 bits per heavy atom. The van der Waals surface area contributed by atoms with Crippen LogP contribution >= 0.6 is 0 Å². The predicted molar refractivity (Wildman–Crippen MR) is 81.1 cm³/mol. The molecule has 20 heavy (non-hydrogen) atoms. The van der Waals surface area contributed by atoms with Gasteiger partial charge in [-0.25, -0.2) is 0 Å². The summed E-state index contributed by atoms with van der Waals surface area (Å²) in [7, 11) is 3.52. The summed E-state index contributed by atoms with van der Waals surface area (Å²) in [6.07, 6.45) is 3.52. The lowest BCUT2D eigenvalue weighted by molar-refractivity contribution is 0.0827. The maximum absolute atomic E-state index is 12.0. The highest BCUT2D eigenvalue weighted by atomic mass is 16.3. The van der Waals surface area contributed by atoms with E-state index in [4.69, 9.17) is 0 Å². The Morgan fingerprint density at radius 3 is 2.50 bits per heavy atom. The molecule has 0 spiro atoms. The van der Waals surface area contributed by atoms with Crippen molar-refractivity contribution < 1.29 is 9.90 Å². The van der Waals surface area contributed by atoms with Crippen LogP contribution in [-0.2, 0) is 0 Å². The number of amides is 1. The molecule has 1 saturated carbocycles. The Balaban J connectivity index is 2.11. The molecule has 110 valence electrons. The van der Waals surface area contributed by atoms with Crippen LogP contribution in [0.25, 0.3) is 0 Å². The van der Waals surface area contributed by atoms with Gasteiger partial charge in [0.2, 0.25) is 0 Å². The number of rotatable bonds is 3. The van der Waals surface area contributed by atoms with Gasteiger partial charge in [0.05, 0.1) is 6.10 Å². The van der Waals surface area contributed by atoms with Crippen LogP contribution in [0.4, 0.5) is 5.69 Å². The molecule has 1 aliphatic rings. The molecule has 4 nitrogen and oxygen atoms in total. The molecule has 4 heteroatoms. The molecule has 0 bridgehead atoms. The summed E-state index contributed by atoms with van der Waals surface area (Å²) in [5, 5.41) is 13.1.